The second-order valence-electron chi connectivity index (χ2n) is 4.36. The van der Waals surface area contributed by atoms with Gasteiger partial charge in [-0.1, -0.05) is 0 Å². The topological polar surface area (TPSA) is 50.4 Å². The molecule has 1 aromatic rings. The second-order valence-corrected chi connectivity index (χ2v) is 4.36. The van der Waals surface area contributed by atoms with Crippen LogP contribution in [0.3, 0.4) is 0 Å². The highest BCUT2D eigenvalue weighted by molar-refractivity contribution is 5.92. The van der Waals surface area contributed by atoms with Gasteiger partial charge >= 0.3 is 0 Å². The highest BCUT2D eigenvalue weighted by Gasteiger charge is 2.21. The van der Waals surface area contributed by atoms with Crippen LogP contribution in [0.25, 0.3) is 0 Å². The van der Waals surface area contributed by atoms with E-state index in [0.29, 0.717) is 5.69 Å². The van der Waals surface area contributed by atoms with E-state index in [1.807, 2.05) is 0 Å². The van der Waals surface area contributed by atoms with Crippen molar-refractivity contribution in [3.05, 3.63) is 24.0 Å². The van der Waals surface area contributed by atoms with Crippen LogP contribution in [-0.4, -0.2) is 26.1 Å². The standard InChI is InChI=1S/C13H17FN2O2.ClH/c1-18-12-8-10(2-3-11(12)14)16-13(17)9-4-6-15-7-5-9;/h2-3,8-9,15H,4-7H2,1H3,(H,16,17);1H. The molecule has 0 bridgehead atoms. The van der Waals surface area contributed by atoms with Gasteiger partial charge in [0.2, 0.25) is 5.91 Å². The number of piperidine rings is 1. The van der Waals surface area contributed by atoms with Crippen molar-refractivity contribution in [2.24, 2.45) is 5.92 Å². The molecular formula is C13H18ClFN2O2. The van der Waals surface area contributed by atoms with E-state index in [9.17, 15) is 9.18 Å². The second kappa shape index (κ2) is 7.31. The monoisotopic (exact) mass is 288 g/mol. The van der Waals surface area contributed by atoms with Gasteiger partial charge in [-0.15, -0.1) is 12.4 Å². The van der Waals surface area contributed by atoms with E-state index in [4.69, 9.17) is 4.74 Å². The minimum absolute atomic E-state index is 0. The van der Waals surface area contributed by atoms with Crippen molar-refractivity contribution >= 4 is 24.0 Å². The highest BCUT2D eigenvalue weighted by atomic mass is 35.5. The fourth-order valence-corrected chi connectivity index (χ4v) is 2.07. The van der Waals surface area contributed by atoms with E-state index in [1.54, 1.807) is 0 Å². The van der Waals surface area contributed by atoms with Crippen LogP contribution in [0.5, 0.6) is 5.75 Å². The Morgan fingerprint density at radius 1 is 1.42 bits per heavy atom. The van der Waals surface area contributed by atoms with Crippen molar-refractivity contribution in [1.29, 1.82) is 0 Å². The van der Waals surface area contributed by atoms with Crippen molar-refractivity contribution in [1.82, 2.24) is 5.32 Å². The average molecular weight is 289 g/mol. The number of halogens is 2. The van der Waals surface area contributed by atoms with Crippen molar-refractivity contribution in [3.8, 4) is 5.75 Å². The van der Waals surface area contributed by atoms with Crippen LogP contribution in [-0.2, 0) is 4.79 Å². The Hall–Kier alpha value is -1.33. The van der Waals surface area contributed by atoms with Gasteiger partial charge in [-0.05, 0) is 38.1 Å². The molecule has 4 nitrogen and oxygen atoms in total. The van der Waals surface area contributed by atoms with Gasteiger partial charge in [-0.2, -0.15) is 0 Å². The van der Waals surface area contributed by atoms with E-state index in [0.717, 1.165) is 25.9 Å². The van der Waals surface area contributed by atoms with Gasteiger partial charge in [-0.3, -0.25) is 4.79 Å². The lowest BCUT2D eigenvalue weighted by molar-refractivity contribution is -0.120. The number of carbonyl (C=O) groups is 1. The van der Waals surface area contributed by atoms with Crippen LogP contribution in [0.1, 0.15) is 12.8 Å². The summed E-state index contributed by atoms with van der Waals surface area (Å²) in [5.41, 5.74) is 0.566. The van der Waals surface area contributed by atoms with Crippen LogP contribution >= 0.6 is 12.4 Å². The Labute approximate surface area is 118 Å². The largest absolute Gasteiger partial charge is 0.494 e. The SMILES string of the molecule is COc1cc(NC(=O)C2CCNCC2)ccc1F.Cl. The summed E-state index contributed by atoms with van der Waals surface area (Å²) in [7, 11) is 1.40. The molecule has 106 valence electrons. The van der Waals surface area contributed by atoms with E-state index < -0.39 is 5.82 Å². The maximum absolute atomic E-state index is 13.2. The zero-order valence-corrected chi connectivity index (χ0v) is 11.6. The molecule has 1 aliphatic rings. The molecule has 0 aromatic heterocycles. The summed E-state index contributed by atoms with van der Waals surface area (Å²) >= 11 is 0. The smallest absolute Gasteiger partial charge is 0.227 e. The summed E-state index contributed by atoms with van der Waals surface area (Å²) in [6.07, 6.45) is 1.67. The molecule has 19 heavy (non-hydrogen) atoms. The molecular weight excluding hydrogens is 271 g/mol. The van der Waals surface area contributed by atoms with Gasteiger partial charge in [0, 0.05) is 17.7 Å². The first kappa shape index (κ1) is 15.7. The highest BCUT2D eigenvalue weighted by Crippen LogP contribution is 2.22. The van der Waals surface area contributed by atoms with E-state index >= 15 is 0 Å². The molecule has 1 aliphatic heterocycles. The number of benzene rings is 1. The molecule has 1 saturated heterocycles. The summed E-state index contributed by atoms with van der Waals surface area (Å²) < 4.78 is 18.1. The number of amides is 1. The Balaban J connectivity index is 0.00000180. The van der Waals surface area contributed by atoms with E-state index in [1.165, 1.54) is 25.3 Å². The molecule has 1 amide bonds. The predicted molar refractivity (Wildman–Crippen MR) is 74.4 cm³/mol. The normalized spacial score (nSPS) is 15.5. The van der Waals surface area contributed by atoms with Crippen molar-refractivity contribution < 1.29 is 13.9 Å². The number of nitrogens with one attached hydrogen (secondary N) is 2. The average Bonchev–Trinajstić information content (AvgIpc) is 2.42. The first-order chi connectivity index (χ1) is 8.70. The van der Waals surface area contributed by atoms with E-state index in [-0.39, 0.29) is 30.0 Å². The van der Waals surface area contributed by atoms with Gasteiger partial charge < -0.3 is 15.4 Å². The molecule has 2 N–H and O–H groups in total. The number of hydrogen-bond donors (Lipinski definition) is 2. The van der Waals surface area contributed by atoms with Crippen molar-refractivity contribution in [2.75, 3.05) is 25.5 Å². The molecule has 0 saturated carbocycles. The summed E-state index contributed by atoms with van der Waals surface area (Å²) in [4.78, 5) is 12.0. The first-order valence-corrected chi connectivity index (χ1v) is 6.06. The molecule has 0 radical (unpaired) electrons. The molecule has 0 unspecified atom stereocenters. The molecule has 0 spiro atoms. The summed E-state index contributed by atoms with van der Waals surface area (Å²) in [6.45, 7) is 1.73. The lowest BCUT2D eigenvalue weighted by Gasteiger charge is -2.21. The lowest BCUT2D eigenvalue weighted by atomic mass is 9.97. The predicted octanol–water partition coefficient (Wildman–Crippen LogP) is 2.19. The number of rotatable bonds is 3. The van der Waals surface area contributed by atoms with Crippen LogP contribution in [0.4, 0.5) is 10.1 Å². The number of anilines is 1. The number of ether oxygens (including phenoxy) is 1. The van der Waals surface area contributed by atoms with Gasteiger partial charge in [0.25, 0.3) is 0 Å². The molecule has 0 atom stereocenters. The third-order valence-electron chi connectivity index (χ3n) is 3.13. The fourth-order valence-electron chi connectivity index (χ4n) is 2.07. The quantitative estimate of drug-likeness (QED) is 0.896. The number of methoxy groups -OCH3 is 1. The summed E-state index contributed by atoms with van der Waals surface area (Å²) in [6, 6.07) is 4.32. The van der Waals surface area contributed by atoms with Crippen LogP contribution in [0.2, 0.25) is 0 Å². The minimum Gasteiger partial charge on any atom is -0.494 e. The van der Waals surface area contributed by atoms with Gasteiger partial charge in [0.1, 0.15) is 0 Å². The van der Waals surface area contributed by atoms with Crippen LogP contribution < -0.4 is 15.4 Å². The van der Waals surface area contributed by atoms with Gasteiger partial charge in [0.15, 0.2) is 11.6 Å². The molecule has 1 heterocycles. The van der Waals surface area contributed by atoms with Crippen LogP contribution in [0.15, 0.2) is 18.2 Å². The van der Waals surface area contributed by atoms with Crippen LogP contribution in [0, 0.1) is 11.7 Å². The fraction of sp³-hybridized carbons (Fsp3) is 0.462. The molecule has 1 fully saturated rings. The molecule has 2 rings (SSSR count). The maximum atomic E-state index is 13.2. The Kier molecular flexibility index (Phi) is 6.05. The number of carbonyl (C=O) groups excluding carboxylic acids is 1. The Bertz CT molecular complexity index is 437. The Morgan fingerprint density at radius 2 is 2.11 bits per heavy atom. The lowest BCUT2D eigenvalue weighted by Crippen LogP contribution is -2.34. The maximum Gasteiger partial charge on any atom is 0.227 e. The minimum atomic E-state index is -0.433. The zero-order valence-electron chi connectivity index (χ0n) is 10.7. The first-order valence-electron chi connectivity index (χ1n) is 6.06. The molecule has 6 heteroatoms. The van der Waals surface area contributed by atoms with Gasteiger partial charge in [0.05, 0.1) is 7.11 Å². The number of hydrogen-bond acceptors (Lipinski definition) is 3. The third kappa shape index (κ3) is 4.08. The Morgan fingerprint density at radius 3 is 2.74 bits per heavy atom. The molecule has 0 aliphatic carbocycles. The summed E-state index contributed by atoms with van der Waals surface area (Å²) in [5.74, 6) is -0.275. The molecule has 1 aromatic carbocycles. The van der Waals surface area contributed by atoms with Crippen molar-refractivity contribution in [2.45, 2.75) is 12.8 Å². The van der Waals surface area contributed by atoms with Gasteiger partial charge in [-0.25, -0.2) is 4.39 Å². The van der Waals surface area contributed by atoms with Crippen molar-refractivity contribution in [3.63, 3.8) is 0 Å². The zero-order chi connectivity index (χ0) is 13.0. The third-order valence-corrected chi connectivity index (χ3v) is 3.13. The van der Waals surface area contributed by atoms with E-state index in [2.05, 4.69) is 10.6 Å². The summed E-state index contributed by atoms with van der Waals surface area (Å²) in [5, 5.41) is 6.01.